The van der Waals surface area contributed by atoms with Gasteiger partial charge in [-0.2, -0.15) is 0 Å². The molecule has 0 aliphatic carbocycles. The number of anilines is 1. The largest absolute Gasteiger partial charge is 0.493 e. The third-order valence-electron chi connectivity index (χ3n) is 4.75. The van der Waals surface area contributed by atoms with E-state index < -0.39 is 11.0 Å². The molecule has 0 saturated heterocycles. The summed E-state index contributed by atoms with van der Waals surface area (Å²) < 4.78 is 27.7. The van der Waals surface area contributed by atoms with Crippen LogP contribution in [0.2, 0.25) is 0 Å². The van der Waals surface area contributed by atoms with Crippen LogP contribution in [-0.4, -0.2) is 31.3 Å². The Morgan fingerprint density at radius 2 is 1.76 bits per heavy atom. The van der Waals surface area contributed by atoms with Crippen LogP contribution < -0.4 is 14.2 Å². The van der Waals surface area contributed by atoms with Crippen LogP contribution in [0.25, 0.3) is 11.4 Å². The molecule has 0 aliphatic heterocycles. The molecule has 168 valence electrons. The molecule has 3 aromatic heterocycles. The van der Waals surface area contributed by atoms with Crippen LogP contribution in [0.3, 0.4) is 0 Å². The summed E-state index contributed by atoms with van der Waals surface area (Å²) in [7, 11) is -0.0953. The van der Waals surface area contributed by atoms with Gasteiger partial charge in [0.2, 0.25) is 0 Å². The Morgan fingerprint density at radius 1 is 1.00 bits per heavy atom. The predicted molar refractivity (Wildman–Crippen MR) is 127 cm³/mol. The maximum absolute atomic E-state index is 13.1. The van der Waals surface area contributed by atoms with Gasteiger partial charge >= 0.3 is 0 Å². The smallest absolute Gasteiger partial charge is 0.192 e. The Morgan fingerprint density at radius 3 is 2.42 bits per heavy atom. The van der Waals surface area contributed by atoms with Gasteiger partial charge in [-0.05, 0) is 49.2 Å². The van der Waals surface area contributed by atoms with Gasteiger partial charge in [-0.25, -0.2) is 19.2 Å². The van der Waals surface area contributed by atoms with Crippen LogP contribution in [-0.2, 0) is 17.4 Å². The molecular weight excluding hydrogens is 438 g/mol. The van der Waals surface area contributed by atoms with E-state index in [1.807, 2.05) is 44.2 Å². The highest BCUT2D eigenvalue weighted by atomic mass is 32.2. The van der Waals surface area contributed by atoms with Crippen molar-refractivity contribution < 1.29 is 13.7 Å². The van der Waals surface area contributed by atoms with Crippen molar-refractivity contribution in [1.82, 2.24) is 19.9 Å². The van der Waals surface area contributed by atoms with Crippen molar-refractivity contribution in [1.29, 1.82) is 0 Å². The molecule has 4 rings (SSSR count). The summed E-state index contributed by atoms with van der Waals surface area (Å²) in [6.45, 7) is 3.89. The number of aryl methyl sites for hydroxylation is 2. The van der Waals surface area contributed by atoms with Gasteiger partial charge in [0.05, 0.1) is 12.8 Å². The van der Waals surface area contributed by atoms with E-state index in [2.05, 4.69) is 19.7 Å². The second-order valence-corrected chi connectivity index (χ2v) is 8.22. The third kappa shape index (κ3) is 5.15. The van der Waals surface area contributed by atoms with Gasteiger partial charge in [-0.15, -0.1) is 0 Å². The van der Waals surface area contributed by atoms with Crippen LogP contribution in [0, 0.1) is 6.92 Å². The third-order valence-corrected chi connectivity index (χ3v) is 5.75. The molecular formula is C24H23N5O3S. The van der Waals surface area contributed by atoms with Crippen LogP contribution in [0.4, 0.5) is 5.82 Å². The fraction of sp³-hybridized carbons (Fsp3) is 0.167. The van der Waals surface area contributed by atoms with Gasteiger partial charge in [0.25, 0.3) is 0 Å². The van der Waals surface area contributed by atoms with Crippen molar-refractivity contribution in [2.75, 3.05) is 11.8 Å². The minimum absolute atomic E-state index is 0.292. The average molecular weight is 462 g/mol. The number of nitrogens with zero attached hydrogens (tertiary/aromatic N) is 4. The molecule has 9 heteroatoms. The molecule has 0 bridgehead atoms. The Labute approximate surface area is 194 Å². The Bertz CT molecular complexity index is 1270. The number of nitrogens with one attached hydrogen (secondary N) is 1. The molecule has 0 spiro atoms. The Balaban J connectivity index is 1.81. The van der Waals surface area contributed by atoms with Crippen molar-refractivity contribution in [2.45, 2.75) is 25.3 Å². The van der Waals surface area contributed by atoms with E-state index in [1.54, 1.807) is 43.9 Å². The lowest BCUT2D eigenvalue weighted by Gasteiger charge is -2.17. The second kappa shape index (κ2) is 10.2. The summed E-state index contributed by atoms with van der Waals surface area (Å²) >= 11 is 0. The number of ether oxygens (including phenoxy) is 2. The highest BCUT2D eigenvalue weighted by Gasteiger charge is 2.20. The first kappa shape index (κ1) is 22.3. The van der Waals surface area contributed by atoms with Crippen molar-refractivity contribution in [3.05, 3.63) is 78.4 Å². The lowest BCUT2D eigenvalue weighted by atomic mass is 10.2. The first-order valence-corrected chi connectivity index (χ1v) is 11.5. The van der Waals surface area contributed by atoms with Gasteiger partial charge in [-0.3, -0.25) is 9.71 Å². The number of methoxy groups -OCH3 is 1. The SMILES string of the molecule is CCc1nc(-c2ccncc2)nc(NS(=O)c2ccc(C)cn2)c1Oc1ccccc1OC. The van der Waals surface area contributed by atoms with Crippen LogP contribution >= 0.6 is 0 Å². The van der Waals surface area contributed by atoms with Crippen molar-refractivity contribution >= 4 is 16.8 Å². The quantitative estimate of drug-likeness (QED) is 0.405. The molecule has 1 unspecified atom stereocenters. The fourth-order valence-electron chi connectivity index (χ4n) is 3.06. The zero-order chi connectivity index (χ0) is 23.2. The minimum Gasteiger partial charge on any atom is -0.493 e. The normalized spacial score (nSPS) is 11.6. The number of hydrogen-bond donors (Lipinski definition) is 1. The van der Waals surface area contributed by atoms with E-state index in [4.69, 9.17) is 14.5 Å². The molecule has 1 atom stereocenters. The van der Waals surface area contributed by atoms with Crippen LogP contribution in [0.1, 0.15) is 18.2 Å². The van der Waals surface area contributed by atoms with Gasteiger partial charge in [0, 0.05) is 24.2 Å². The van der Waals surface area contributed by atoms with E-state index in [9.17, 15) is 4.21 Å². The van der Waals surface area contributed by atoms with Crippen molar-refractivity contribution in [3.63, 3.8) is 0 Å². The minimum atomic E-state index is -1.67. The average Bonchev–Trinajstić information content (AvgIpc) is 2.86. The molecule has 0 aliphatic rings. The number of hydrogen-bond acceptors (Lipinski definition) is 7. The highest BCUT2D eigenvalue weighted by molar-refractivity contribution is 7.86. The van der Waals surface area contributed by atoms with Crippen LogP contribution in [0.15, 0.2) is 72.1 Å². The fourth-order valence-corrected chi connectivity index (χ4v) is 3.82. The number of pyridine rings is 2. The van der Waals surface area contributed by atoms with E-state index in [1.165, 1.54) is 0 Å². The summed E-state index contributed by atoms with van der Waals surface area (Å²) in [5.41, 5.74) is 2.41. The summed E-state index contributed by atoms with van der Waals surface area (Å²) in [4.78, 5) is 17.7. The summed E-state index contributed by atoms with van der Waals surface area (Å²) in [6, 6.07) is 14.5. The maximum atomic E-state index is 13.1. The summed E-state index contributed by atoms with van der Waals surface area (Å²) in [5, 5.41) is 0.381. The van der Waals surface area contributed by atoms with Crippen molar-refractivity contribution in [3.8, 4) is 28.6 Å². The molecule has 1 N–H and O–H groups in total. The Hall–Kier alpha value is -3.85. The highest BCUT2D eigenvalue weighted by Crippen LogP contribution is 2.37. The molecule has 4 aromatic rings. The zero-order valence-electron chi connectivity index (χ0n) is 18.5. The number of para-hydroxylation sites is 2. The predicted octanol–water partition coefficient (Wildman–Crippen LogP) is 4.74. The molecule has 3 heterocycles. The Kier molecular flexibility index (Phi) is 6.89. The van der Waals surface area contributed by atoms with Gasteiger partial charge < -0.3 is 9.47 Å². The lowest BCUT2D eigenvalue weighted by Crippen LogP contribution is -2.12. The van der Waals surface area contributed by atoms with E-state index in [0.717, 1.165) is 11.1 Å². The lowest BCUT2D eigenvalue weighted by molar-refractivity contribution is 0.377. The van der Waals surface area contributed by atoms with Gasteiger partial charge in [0.15, 0.2) is 39.9 Å². The van der Waals surface area contributed by atoms with Crippen LogP contribution in [0.5, 0.6) is 17.2 Å². The molecule has 0 fully saturated rings. The topological polar surface area (TPSA) is 99.1 Å². The second-order valence-electron chi connectivity index (χ2n) is 7.06. The molecule has 33 heavy (non-hydrogen) atoms. The summed E-state index contributed by atoms with van der Waals surface area (Å²) in [6.07, 6.45) is 5.58. The van der Waals surface area contributed by atoms with E-state index in [-0.39, 0.29) is 0 Å². The molecule has 1 aromatic carbocycles. The number of benzene rings is 1. The van der Waals surface area contributed by atoms with Crippen molar-refractivity contribution in [2.24, 2.45) is 0 Å². The van der Waals surface area contributed by atoms with E-state index in [0.29, 0.717) is 46.0 Å². The summed E-state index contributed by atoms with van der Waals surface area (Å²) in [5.74, 6) is 2.20. The van der Waals surface area contributed by atoms with Gasteiger partial charge in [0.1, 0.15) is 5.03 Å². The van der Waals surface area contributed by atoms with E-state index >= 15 is 0 Å². The maximum Gasteiger partial charge on any atom is 0.192 e. The molecule has 0 radical (unpaired) electrons. The molecule has 0 amide bonds. The monoisotopic (exact) mass is 461 g/mol. The number of aromatic nitrogens is 4. The first-order valence-electron chi connectivity index (χ1n) is 10.3. The standard InChI is InChI=1S/C24H23N5O3S/c1-4-18-22(32-20-8-6-5-7-19(20)31-3)24(28-23(27-18)17-11-13-25-14-12-17)29-33(30)21-10-9-16(2)15-26-21/h5-15H,4H2,1-3H3,(H,27,28,29). The first-order chi connectivity index (χ1) is 16.1. The number of rotatable bonds is 8. The zero-order valence-corrected chi connectivity index (χ0v) is 19.3. The van der Waals surface area contributed by atoms with Gasteiger partial charge in [-0.1, -0.05) is 25.1 Å². The molecule has 8 nitrogen and oxygen atoms in total. The molecule has 0 saturated carbocycles.